The SMILES string of the molecule is CC(C)(C)N.O=C(O)[C@H]1/C(=C/CO)O[C@@H]2CC(=O)N21. The highest BCUT2D eigenvalue weighted by Crippen LogP contribution is 2.36. The van der Waals surface area contributed by atoms with E-state index in [2.05, 4.69) is 0 Å². The normalized spacial score (nSPS) is 27.1. The van der Waals surface area contributed by atoms with Crippen molar-refractivity contribution in [1.29, 1.82) is 0 Å². The monoisotopic (exact) mass is 272 g/mol. The molecule has 0 aromatic rings. The van der Waals surface area contributed by atoms with Crippen LogP contribution < -0.4 is 5.73 Å². The molecule has 108 valence electrons. The fraction of sp³-hybridized carbons (Fsp3) is 0.667. The van der Waals surface area contributed by atoms with Crippen LogP contribution in [0.25, 0.3) is 0 Å². The van der Waals surface area contributed by atoms with Crippen molar-refractivity contribution < 1.29 is 24.5 Å². The molecule has 0 bridgehead atoms. The number of carbonyl (C=O) groups excluding carboxylic acids is 1. The summed E-state index contributed by atoms with van der Waals surface area (Å²) >= 11 is 0. The van der Waals surface area contributed by atoms with Crippen LogP contribution in [0.4, 0.5) is 0 Å². The Morgan fingerprint density at radius 1 is 1.58 bits per heavy atom. The van der Waals surface area contributed by atoms with Gasteiger partial charge in [0.05, 0.1) is 13.0 Å². The minimum absolute atomic E-state index is 0. The molecule has 2 rings (SSSR count). The molecule has 0 radical (unpaired) electrons. The van der Waals surface area contributed by atoms with Crippen LogP contribution in [0.5, 0.6) is 0 Å². The molecule has 2 aliphatic heterocycles. The molecule has 2 aliphatic rings. The standard InChI is InChI=1S/C8H9NO5.C4H11N/c10-2-1-4-7(8(12)13)9-5(11)3-6(9)14-4;1-4(2,3)5/h1,6-7,10H,2-3H2,(H,12,13);5H2,1-3H3/b4-1-;/t6-,7-;/m1./s1. The van der Waals surface area contributed by atoms with E-state index < -0.39 is 18.2 Å². The highest BCUT2D eigenvalue weighted by atomic mass is 16.5. The summed E-state index contributed by atoms with van der Waals surface area (Å²) in [6, 6.07) is -1.06. The van der Waals surface area contributed by atoms with E-state index in [1.54, 1.807) is 0 Å². The summed E-state index contributed by atoms with van der Waals surface area (Å²) in [6.45, 7) is 5.60. The minimum Gasteiger partial charge on any atom is -0.479 e. The van der Waals surface area contributed by atoms with E-state index in [0.29, 0.717) is 0 Å². The van der Waals surface area contributed by atoms with Gasteiger partial charge in [-0.2, -0.15) is 0 Å². The second-order valence-electron chi connectivity index (χ2n) is 5.47. The van der Waals surface area contributed by atoms with Crippen LogP contribution in [-0.2, 0) is 14.3 Å². The molecule has 7 nitrogen and oxygen atoms in total. The zero-order valence-corrected chi connectivity index (χ0v) is 11.3. The third-order valence-electron chi connectivity index (χ3n) is 2.29. The number of rotatable bonds is 2. The molecule has 0 aromatic heterocycles. The van der Waals surface area contributed by atoms with Gasteiger partial charge in [0.15, 0.2) is 12.3 Å². The predicted molar refractivity (Wildman–Crippen MR) is 66.9 cm³/mol. The molecule has 2 atom stereocenters. The number of aliphatic carboxylic acids is 1. The maximum atomic E-state index is 11.1. The number of β-lactam (4-membered cyclic amide) rings is 1. The number of nitrogens with two attached hydrogens (primary N) is 1. The van der Waals surface area contributed by atoms with Crippen molar-refractivity contribution in [1.82, 2.24) is 4.90 Å². The molecule has 2 fully saturated rings. The van der Waals surface area contributed by atoms with Gasteiger partial charge in [-0.3, -0.25) is 9.69 Å². The largest absolute Gasteiger partial charge is 0.479 e. The van der Waals surface area contributed by atoms with Crippen LogP contribution in [0, 0.1) is 0 Å². The molecule has 2 heterocycles. The molecule has 1 amide bonds. The quantitative estimate of drug-likeness (QED) is 0.592. The third-order valence-corrected chi connectivity index (χ3v) is 2.29. The van der Waals surface area contributed by atoms with Crippen LogP contribution in [0.2, 0.25) is 0 Å². The highest BCUT2D eigenvalue weighted by Gasteiger charge is 2.53. The van der Waals surface area contributed by atoms with E-state index in [4.69, 9.17) is 20.7 Å². The molecule has 0 aromatic carbocycles. The maximum Gasteiger partial charge on any atom is 0.334 e. The lowest BCUT2D eigenvalue weighted by Gasteiger charge is -2.33. The summed E-state index contributed by atoms with van der Waals surface area (Å²) in [5, 5.41) is 17.5. The Hall–Kier alpha value is -1.60. The lowest BCUT2D eigenvalue weighted by Crippen LogP contribution is -2.54. The van der Waals surface area contributed by atoms with Crippen LogP contribution in [0.15, 0.2) is 11.8 Å². The van der Waals surface area contributed by atoms with Gasteiger partial charge in [-0.15, -0.1) is 0 Å². The van der Waals surface area contributed by atoms with E-state index >= 15 is 0 Å². The first-order valence-electron chi connectivity index (χ1n) is 5.95. The summed E-state index contributed by atoms with van der Waals surface area (Å²) in [4.78, 5) is 23.1. The Kier molecular flexibility index (Phi) is 4.54. The van der Waals surface area contributed by atoms with Crippen molar-refractivity contribution in [2.24, 2.45) is 5.73 Å². The number of nitrogens with zero attached hydrogens (tertiary/aromatic N) is 1. The summed E-state index contributed by atoms with van der Waals surface area (Å²) in [6.07, 6.45) is 1.03. The number of hydrogen-bond donors (Lipinski definition) is 3. The number of carboxylic acids is 1. The van der Waals surface area contributed by atoms with Crippen LogP contribution >= 0.6 is 0 Å². The van der Waals surface area contributed by atoms with E-state index in [9.17, 15) is 9.59 Å². The Labute approximate surface area is 111 Å². The number of ether oxygens (including phenoxy) is 1. The lowest BCUT2D eigenvalue weighted by atomic mass is 10.1. The summed E-state index contributed by atoms with van der Waals surface area (Å²) in [7, 11) is 0. The van der Waals surface area contributed by atoms with Gasteiger partial charge in [0, 0.05) is 5.54 Å². The smallest absolute Gasteiger partial charge is 0.334 e. The topological polar surface area (TPSA) is 113 Å². The Balaban J connectivity index is 0.000000312. The number of aliphatic hydroxyl groups is 1. The number of fused-ring (bicyclic) bond motifs is 1. The maximum absolute atomic E-state index is 11.1. The van der Waals surface area contributed by atoms with Crippen molar-refractivity contribution in [3.8, 4) is 0 Å². The van der Waals surface area contributed by atoms with E-state index in [1.165, 1.54) is 11.0 Å². The number of hydrogen-bond acceptors (Lipinski definition) is 5. The van der Waals surface area contributed by atoms with Gasteiger partial charge < -0.3 is 20.7 Å². The molecular formula is C12H20N2O5. The Bertz CT molecular complexity index is 393. The molecule has 4 N–H and O–H groups in total. The molecule has 7 heteroatoms. The van der Waals surface area contributed by atoms with Gasteiger partial charge in [-0.1, -0.05) is 0 Å². The van der Waals surface area contributed by atoms with Crippen LogP contribution in [0.3, 0.4) is 0 Å². The number of aliphatic hydroxyl groups excluding tert-OH is 1. The minimum atomic E-state index is -1.14. The first-order valence-corrected chi connectivity index (χ1v) is 5.95. The van der Waals surface area contributed by atoms with Crippen molar-refractivity contribution in [2.45, 2.75) is 45.0 Å². The van der Waals surface area contributed by atoms with E-state index in [-0.39, 0.29) is 30.2 Å². The zero-order valence-electron chi connectivity index (χ0n) is 11.3. The van der Waals surface area contributed by atoms with Crippen LogP contribution in [-0.4, -0.2) is 51.4 Å². The van der Waals surface area contributed by atoms with Crippen molar-refractivity contribution in [2.75, 3.05) is 6.61 Å². The average molecular weight is 272 g/mol. The summed E-state index contributed by atoms with van der Waals surface area (Å²) < 4.78 is 5.17. The first kappa shape index (κ1) is 15.5. The summed E-state index contributed by atoms with van der Waals surface area (Å²) in [5.41, 5.74) is 5.35. The molecule has 2 saturated heterocycles. The first-order chi connectivity index (χ1) is 8.65. The third kappa shape index (κ3) is 3.93. The number of carboxylic acid groups (broad SMARTS) is 1. The second kappa shape index (κ2) is 5.58. The van der Waals surface area contributed by atoms with Gasteiger partial charge in [0.1, 0.15) is 5.76 Å². The van der Waals surface area contributed by atoms with Gasteiger partial charge in [-0.25, -0.2) is 4.79 Å². The average Bonchev–Trinajstić information content (AvgIpc) is 2.49. The zero-order chi connectivity index (χ0) is 14.8. The van der Waals surface area contributed by atoms with Gasteiger partial charge in [-0.05, 0) is 26.8 Å². The second-order valence-corrected chi connectivity index (χ2v) is 5.47. The van der Waals surface area contributed by atoms with Gasteiger partial charge in [0.2, 0.25) is 5.91 Å². The highest BCUT2D eigenvalue weighted by molar-refractivity contribution is 5.91. The van der Waals surface area contributed by atoms with Crippen LogP contribution in [0.1, 0.15) is 27.2 Å². The lowest BCUT2D eigenvalue weighted by molar-refractivity contribution is -0.163. The van der Waals surface area contributed by atoms with Crippen molar-refractivity contribution >= 4 is 11.9 Å². The molecular weight excluding hydrogens is 252 g/mol. The molecule has 0 saturated carbocycles. The fourth-order valence-corrected chi connectivity index (χ4v) is 1.66. The molecule has 0 spiro atoms. The molecule has 0 aliphatic carbocycles. The van der Waals surface area contributed by atoms with Gasteiger partial charge in [0.25, 0.3) is 0 Å². The molecule has 0 unspecified atom stereocenters. The fourth-order valence-electron chi connectivity index (χ4n) is 1.66. The van der Waals surface area contributed by atoms with E-state index in [0.717, 1.165) is 0 Å². The predicted octanol–water partition coefficient (Wildman–Crippen LogP) is -0.352. The number of amides is 1. The van der Waals surface area contributed by atoms with Gasteiger partial charge >= 0.3 is 5.97 Å². The number of carbonyl (C=O) groups is 2. The van der Waals surface area contributed by atoms with Crippen molar-refractivity contribution in [3.05, 3.63) is 11.8 Å². The summed E-state index contributed by atoms with van der Waals surface area (Å²) in [5.74, 6) is -1.22. The Morgan fingerprint density at radius 2 is 2.11 bits per heavy atom. The van der Waals surface area contributed by atoms with E-state index in [1.807, 2.05) is 20.8 Å². The Morgan fingerprint density at radius 3 is 2.47 bits per heavy atom. The molecule has 19 heavy (non-hydrogen) atoms. The van der Waals surface area contributed by atoms with Crippen molar-refractivity contribution in [3.63, 3.8) is 0 Å².